The Morgan fingerprint density at radius 3 is 2.80 bits per heavy atom. The van der Waals surface area contributed by atoms with Crippen molar-refractivity contribution in [2.75, 3.05) is 21.0 Å². The highest BCUT2D eigenvalue weighted by Gasteiger charge is 2.12. The summed E-state index contributed by atoms with van der Waals surface area (Å²) in [6.07, 6.45) is 1.58. The minimum atomic E-state index is 0.0995. The van der Waals surface area contributed by atoms with Gasteiger partial charge in [-0.25, -0.2) is 0 Å². The molecule has 1 rings (SSSR count). The third-order valence-corrected chi connectivity index (χ3v) is 1.71. The molecular formula is C10H14N2O3. The van der Waals surface area contributed by atoms with Crippen molar-refractivity contribution in [1.82, 2.24) is 4.98 Å². The zero-order valence-corrected chi connectivity index (χ0v) is 8.82. The molecule has 0 saturated carbocycles. The Morgan fingerprint density at radius 1 is 1.53 bits per heavy atom. The smallest absolute Gasteiger partial charge is 0.192 e. The lowest BCUT2D eigenvalue weighted by molar-refractivity contribution is 0.0486. The van der Waals surface area contributed by atoms with E-state index in [1.54, 1.807) is 12.3 Å². The quantitative estimate of drug-likeness (QED) is 0.734. The number of methoxy groups -OCH3 is 2. The number of ether oxygens (including phenoxy) is 3. The second-order valence-electron chi connectivity index (χ2n) is 2.77. The van der Waals surface area contributed by atoms with Crippen LogP contribution in [0.25, 0.3) is 5.70 Å². The molecule has 5 heteroatoms. The van der Waals surface area contributed by atoms with Gasteiger partial charge in [0.25, 0.3) is 0 Å². The maximum atomic E-state index is 5.58. The molecule has 0 spiro atoms. The minimum Gasteiger partial charge on any atom is -0.493 e. The molecule has 15 heavy (non-hydrogen) atoms. The van der Waals surface area contributed by atoms with Gasteiger partial charge in [0.05, 0.1) is 12.8 Å². The molecule has 0 aromatic carbocycles. The summed E-state index contributed by atoms with van der Waals surface area (Å²) < 4.78 is 15.2. The van der Waals surface area contributed by atoms with E-state index < -0.39 is 0 Å². The standard InChI is InChI=1S/C10H14N2O3/c1-7(11)9-10(15-6-13-2)8(14-3)4-5-12-9/h4-5H,1,6,11H2,2-3H3. The molecule has 1 aromatic rings. The van der Waals surface area contributed by atoms with Gasteiger partial charge in [0.1, 0.15) is 5.69 Å². The molecule has 5 nitrogen and oxygen atoms in total. The summed E-state index contributed by atoms with van der Waals surface area (Å²) in [6, 6.07) is 1.68. The van der Waals surface area contributed by atoms with Gasteiger partial charge in [0.15, 0.2) is 18.3 Å². The summed E-state index contributed by atoms with van der Waals surface area (Å²) in [5.74, 6) is 0.984. The normalized spacial score (nSPS) is 9.73. The van der Waals surface area contributed by atoms with Crippen LogP contribution in [0.15, 0.2) is 18.8 Å². The van der Waals surface area contributed by atoms with Gasteiger partial charge in [-0.2, -0.15) is 0 Å². The van der Waals surface area contributed by atoms with Crippen molar-refractivity contribution < 1.29 is 14.2 Å². The van der Waals surface area contributed by atoms with Crippen molar-refractivity contribution in [2.45, 2.75) is 0 Å². The van der Waals surface area contributed by atoms with E-state index in [1.807, 2.05) is 0 Å². The number of hydrogen-bond acceptors (Lipinski definition) is 5. The van der Waals surface area contributed by atoms with Crippen molar-refractivity contribution in [3.63, 3.8) is 0 Å². The van der Waals surface area contributed by atoms with E-state index in [2.05, 4.69) is 11.6 Å². The van der Waals surface area contributed by atoms with E-state index >= 15 is 0 Å². The lowest BCUT2D eigenvalue weighted by atomic mass is 10.2. The van der Waals surface area contributed by atoms with Crippen LogP contribution in [-0.4, -0.2) is 26.0 Å². The summed E-state index contributed by atoms with van der Waals surface area (Å²) in [6.45, 7) is 3.71. The van der Waals surface area contributed by atoms with Gasteiger partial charge < -0.3 is 19.9 Å². The minimum absolute atomic E-state index is 0.0995. The summed E-state index contributed by atoms with van der Waals surface area (Å²) in [5, 5.41) is 0. The van der Waals surface area contributed by atoms with Crippen molar-refractivity contribution in [3.8, 4) is 11.5 Å². The maximum Gasteiger partial charge on any atom is 0.192 e. The molecule has 0 unspecified atom stereocenters. The topological polar surface area (TPSA) is 66.6 Å². The maximum absolute atomic E-state index is 5.58. The van der Waals surface area contributed by atoms with E-state index in [0.717, 1.165) is 0 Å². The predicted molar refractivity (Wildman–Crippen MR) is 56.5 cm³/mol. The summed E-state index contributed by atoms with van der Waals surface area (Å²) in [5.41, 5.74) is 6.36. The second-order valence-corrected chi connectivity index (χ2v) is 2.77. The molecule has 0 saturated heterocycles. The van der Waals surface area contributed by atoms with Crippen LogP contribution in [-0.2, 0) is 4.74 Å². The largest absolute Gasteiger partial charge is 0.493 e. The zero-order chi connectivity index (χ0) is 11.3. The van der Waals surface area contributed by atoms with E-state index in [0.29, 0.717) is 22.9 Å². The lowest BCUT2D eigenvalue weighted by Crippen LogP contribution is -2.07. The van der Waals surface area contributed by atoms with Gasteiger partial charge in [-0.3, -0.25) is 4.98 Å². The SMILES string of the molecule is C=C(N)c1nccc(OC)c1OCOC. The van der Waals surface area contributed by atoms with Crippen LogP contribution < -0.4 is 15.2 Å². The van der Waals surface area contributed by atoms with Gasteiger partial charge in [0, 0.05) is 19.4 Å². The average molecular weight is 210 g/mol. The fourth-order valence-electron chi connectivity index (χ4n) is 1.08. The summed E-state index contributed by atoms with van der Waals surface area (Å²) in [7, 11) is 3.07. The molecule has 1 aromatic heterocycles. The first kappa shape index (κ1) is 11.3. The van der Waals surface area contributed by atoms with E-state index in [4.69, 9.17) is 19.9 Å². The molecule has 1 heterocycles. The molecule has 0 aliphatic carbocycles. The molecule has 2 N–H and O–H groups in total. The molecule has 82 valence electrons. The third-order valence-electron chi connectivity index (χ3n) is 1.71. The van der Waals surface area contributed by atoms with Gasteiger partial charge in [-0.15, -0.1) is 0 Å². The highest BCUT2D eigenvalue weighted by atomic mass is 16.7. The van der Waals surface area contributed by atoms with E-state index in [-0.39, 0.29) is 6.79 Å². The van der Waals surface area contributed by atoms with Crippen molar-refractivity contribution >= 4 is 5.70 Å². The number of nitrogens with two attached hydrogens (primary N) is 1. The first-order chi connectivity index (χ1) is 7.20. The molecule has 0 amide bonds. The fourth-order valence-corrected chi connectivity index (χ4v) is 1.08. The van der Waals surface area contributed by atoms with Crippen molar-refractivity contribution in [3.05, 3.63) is 24.5 Å². The Morgan fingerprint density at radius 2 is 2.27 bits per heavy atom. The first-order valence-electron chi connectivity index (χ1n) is 4.30. The monoisotopic (exact) mass is 210 g/mol. The Hall–Kier alpha value is -1.75. The van der Waals surface area contributed by atoms with Crippen molar-refractivity contribution in [1.29, 1.82) is 0 Å². The Bertz CT molecular complexity index is 353. The lowest BCUT2D eigenvalue weighted by Gasteiger charge is -2.12. The highest BCUT2D eigenvalue weighted by molar-refractivity contribution is 5.65. The van der Waals surface area contributed by atoms with Gasteiger partial charge in [-0.1, -0.05) is 6.58 Å². The Balaban J connectivity index is 3.08. The number of rotatable bonds is 5. The predicted octanol–water partition coefficient (Wildman–Crippen LogP) is 1.00. The molecule has 0 aliphatic rings. The van der Waals surface area contributed by atoms with Crippen LogP contribution in [0.3, 0.4) is 0 Å². The molecule has 0 radical (unpaired) electrons. The van der Waals surface area contributed by atoms with Crippen LogP contribution in [0.2, 0.25) is 0 Å². The van der Waals surface area contributed by atoms with E-state index in [9.17, 15) is 0 Å². The Labute approximate surface area is 88.5 Å². The van der Waals surface area contributed by atoms with Crippen LogP contribution in [0.1, 0.15) is 5.69 Å². The van der Waals surface area contributed by atoms with Crippen LogP contribution >= 0.6 is 0 Å². The fraction of sp³-hybridized carbons (Fsp3) is 0.300. The molecule has 0 bridgehead atoms. The van der Waals surface area contributed by atoms with Gasteiger partial charge in [0.2, 0.25) is 0 Å². The summed E-state index contributed by atoms with van der Waals surface area (Å²) in [4.78, 5) is 4.05. The molecule has 0 fully saturated rings. The zero-order valence-electron chi connectivity index (χ0n) is 8.82. The van der Waals surface area contributed by atoms with Crippen LogP contribution in [0, 0.1) is 0 Å². The number of pyridine rings is 1. The van der Waals surface area contributed by atoms with Gasteiger partial charge in [-0.05, 0) is 0 Å². The van der Waals surface area contributed by atoms with Gasteiger partial charge >= 0.3 is 0 Å². The number of aromatic nitrogens is 1. The van der Waals surface area contributed by atoms with Crippen molar-refractivity contribution in [2.24, 2.45) is 5.73 Å². The molecule has 0 aliphatic heterocycles. The highest BCUT2D eigenvalue weighted by Crippen LogP contribution is 2.31. The molecular weight excluding hydrogens is 196 g/mol. The third kappa shape index (κ3) is 2.60. The van der Waals surface area contributed by atoms with E-state index in [1.165, 1.54) is 14.2 Å². The average Bonchev–Trinajstić information content (AvgIpc) is 2.25. The number of nitrogens with zero attached hydrogens (tertiary/aromatic N) is 1. The van der Waals surface area contributed by atoms with Crippen LogP contribution in [0.4, 0.5) is 0 Å². The molecule has 0 atom stereocenters. The van der Waals surface area contributed by atoms with Crippen LogP contribution in [0.5, 0.6) is 11.5 Å². The second kappa shape index (κ2) is 5.21. The number of hydrogen-bond donors (Lipinski definition) is 1. The Kier molecular flexibility index (Phi) is 3.93. The summed E-state index contributed by atoms with van der Waals surface area (Å²) >= 11 is 0. The first-order valence-corrected chi connectivity index (χ1v) is 4.30.